The topological polar surface area (TPSA) is 100 Å². The zero-order chi connectivity index (χ0) is 17.9. The molecule has 8 heteroatoms. The molecule has 3 aromatic rings. The first-order valence-corrected chi connectivity index (χ1v) is 8.86. The lowest BCUT2D eigenvalue weighted by Gasteiger charge is -2.23. The summed E-state index contributed by atoms with van der Waals surface area (Å²) in [5.41, 5.74) is 8.08. The van der Waals surface area contributed by atoms with Crippen LogP contribution < -0.4 is 15.8 Å². The van der Waals surface area contributed by atoms with E-state index >= 15 is 0 Å². The average Bonchev–Trinajstić information content (AvgIpc) is 3.08. The molecule has 1 saturated heterocycles. The molecule has 0 bridgehead atoms. The predicted octanol–water partition coefficient (Wildman–Crippen LogP) is 3.25. The number of imidazole rings is 1. The predicted molar refractivity (Wildman–Crippen MR) is 99.5 cm³/mol. The van der Waals surface area contributed by atoms with E-state index in [4.69, 9.17) is 15.2 Å². The number of aromatic nitrogens is 4. The van der Waals surface area contributed by atoms with Crippen LogP contribution in [0.15, 0.2) is 30.6 Å². The van der Waals surface area contributed by atoms with Crippen molar-refractivity contribution in [2.24, 2.45) is 0 Å². The fraction of sp³-hybridized carbons (Fsp3) is 0.389. The number of nitrogens with two attached hydrogens (primary N) is 1. The second kappa shape index (κ2) is 7.17. The van der Waals surface area contributed by atoms with Gasteiger partial charge in [-0.25, -0.2) is 4.98 Å². The number of rotatable bonds is 5. The monoisotopic (exact) mass is 354 g/mol. The van der Waals surface area contributed by atoms with Crippen molar-refractivity contribution in [2.75, 3.05) is 24.3 Å². The maximum absolute atomic E-state index is 5.96. The molecule has 0 spiro atoms. The lowest BCUT2D eigenvalue weighted by Crippen LogP contribution is -2.18. The fourth-order valence-electron chi connectivity index (χ4n) is 3.15. The van der Waals surface area contributed by atoms with E-state index in [1.807, 2.05) is 35.8 Å². The van der Waals surface area contributed by atoms with Crippen LogP contribution in [0, 0.1) is 0 Å². The molecule has 8 nitrogen and oxygen atoms in total. The quantitative estimate of drug-likeness (QED) is 0.725. The van der Waals surface area contributed by atoms with Crippen LogP contribution >= 0.6 is 0 Å². The van der Waals surface area contributed by atoms with Gasteiger partial charge in [0.05, 0.1) is 18.6 Å². The van der Waals surface area contributed by atoms with Crippen LogP contribution in [0.4, 0.5) is 17.5 Å². The van der Waals surface area contributed by atoms with Gasteiger partial charge < -0.3 is 20.5 Å². The summed E-state index contributed by atoms with van der Waals surface area (Å²) in [6.07, 6.45) is 4.82. The molecule has 3 heterocycles. The van der Waals surface area contributed by atoms with E-state index in [-0.39, 0.29) is 12.2 Å². The Balaban J connectivity index is 1.73. The van der Waals surface area contributed by atoms with Crippen molar-refractivity contribution >= 4 is 28.6 Å². The van der Waals surface area contributed by atoms with Gasteiger partial charge in [0.2, 0.25) is 5.95 Å². The third-order valence-electron chi connectivity index (χ3n) is 4.34. The van der Waals surface area contributed by atoms with Crippen LogP contribution in [-0.4, -0.2) is 32.7 Å². The van der Waals surface area contributed by atoms with Crippen molar-refractivity contribution in [1.82, 2.24) is 19.5 Å². The fourth-order valence-corrected chi connectivity index (χ4v) is 3.15. The van der Waals surface area contributed by atoms with Crippen LogP contribution in [0.2, 0.25) is 0 Å². The Morgan fingerprint density at radius 1 is 1.31 bits per heavy atom. The van der Waals surface area contributed by atoms with Crippen molar-refractivity contribution < 1.29 is 9.47 Å². The Hall–Kier alpha value is -2.87. The molecule has 1 aliphatic heterocycles. The van der Waals surface area contributed by atoms with Crippen LogP contribution in [0.1, 0.15) is 32.4 Å². The Morgan fingerprint density at radius 3 is 3.00 bits per heavy atom. The molecule has 1 aromatic carbocycles. The Labute approximate surface area is 151 Å². The molecule has 4 rings (SSSR count). The number of para-hydroxylation sites is 2. The zero-order valence-corrected chi connectivity index (χ0v) is 14.7. The van der Waals surface area contributed by atoms with Gasteiger partial charge in [-0.1, -0.05) is 12.1 Å². The Morgan fingerprint density at radius 2 is 2.19 bits per heavy atom. The third-order valence-corrected chi connectivity index (χ3v) is 4.34. The first-order valence-electron chi connectivity index (χ1n) is 8.86. The van der Waals surface area contributed by atoms with Gasteiger partial charge >= 0.3 is 0 Å². The first kappa shape index (κ1) is 16.6. The van der Waals surface area contributed by atoms with Crippen LogP contribution in [0.5, 0.6) is 5.75 Å². The van der Waals surface area contributed by atoms with Crippen LogP contribution in [-0.2, 0) is 4.74 Å². The molecule has 2 aromatic heterocycles. The van der Waals surface area contributed by atoms with Gasteiger partial charge in [-0.15, -0.1) is 0 Å². The second-order valence-electron chi connectivity index (χ2n) is 6.13. The second-order valence-corrected chi connectivity index (χ2v) is 6.13. The van der Waals surface area contributed by atoms with Gasteiger partial charge in [-0.05, 0) is 38.3 Å². The maximum Gasteiger partial charge on any atom is 0.224 e. The highest BCUT2D eigenvalue weighted by molar-refractivity contribution is 5.87. The summed E-state index contributed by atoms with van der Waals surface area (Å²) in [5, 5.41) is 3.28. The number of hydrogen-bond acceptors (Lipinski definition) is 7. The molecule has 136 valence electrons. The van der Waals surface area contributed by atoms with E-state index in [9.17, 15) is 0 Å². The summed E-state index contributed by atoms with van der Waals surface area (Å²) in [6.45, 7) is 3.27. The number of fused-ring (bicyclic) bond motifs is 1. The Bertz CT molecular complexity index is 904. The smallest absolute Gasteiger partial charge is 0.224 e. The Kier molecular flexibility index (Phi) is 4.57. The molecule has 0 radical (unpaired) electrons. The number of nitrogen functional groups attached to an aromatic ring is 1. The van der Waals surface area contributed by atoms with Gasteiger partial charge in [0, 0.05) is 6.61 Å². The summed E-state index contributed by atoms with van der Waals surface area (Å²) in [4.78, 5) is 13.2. The molecule has 1 aliphatic rings. The standard InChI is InChI=1S/C18H22N6O2/c1-2-25-13-8-4-3-7-12(13)21-16-15-17(23-18(19)22-16)24(11-20-15)14-9-5-6-10-26-14/h3-4,7-8,11,14H,2,5-6,9-10H2,1H3,(H3,19,21,22,23). The van der Waals surface area contributed by atoms with Crippen LogP contribution in [0.3, 0.4) is 0 Å². The molecule has 1 fully saturated rings. The first-order chi connectivity index (χ1) is 12.8. The highest BCUT2D eigenvalue weighted by atomic mass is 16.5. The third kappa shape index (κ3) is 3.15. The lowest BCUT2D eigenvalue weighted by molar-refractivity contribution is -0.0298. The average molecular weight is 354 g/mol. The zero-order valence-electron chi connectivity index (χ0n) is 14.7. The van der Waals surface area contributed by atoms with E-state index in [1.165, 1.54) is 0 Å². The number of nitrogens with one attached hydrogen (secondary N) is 1. The molecule has 3 N–H and O–H groups in total. The van der Waals surface area contributed by atoms with E-state index in [0.717, 1.165) is 37.3 Å². The SMILES string of the molecule is CCOc1ccccc1Nc1nc(N)nc2c1ncn2C1CCCCO1. The maximum atomic E-state index is 5.96. The number of benzene rings is 1. The van der Waals surface area contributed by atoms with E-state index < -0.39 is 0 Å². The molecular formula is C18H22N6O2. The number of ether oxygens (including phenoxy) is 2. The minimum absolute atomic E-state index is 0.0633. The summed E-state index contributed by atoms with van der Waals surface area (Å²) < 4.78 is 13.5. The van der Waals surface area contributed by atoms with Gasteiger partial charge in [0.25, 0.3) is 0 Å². The molecule has 0 aliphatic carbocycles. The molecular weight excluding hydrogens is 332 g/mol. The van der Waals surface area contributed by atoms with Gasteiger partial charge in [-0.3, -0.25) is 4.57 Å². The number of nitrogens with zero attached hydrogens (tertiary/aromatic N) is 4. The molecule has 1 atom stereocenters. The molecule has 26 heavy (non-hydrogen) atoms. The molecule has 1 unspecified atom stereocenters. The van der Waals surface area contributed by atoms with Crippen molar-refractivity contribution in [3.8, 4) is 5.75 Å². The summed E-state index contributed by atoms with van der Waals surface area (Å²) in [6, 6.07) is 7.69. The molecule has 0 amide bonds. The van der Waals surface area contributed by atoms with Gasteiger partial charge in [0.1, 0.15) is 12.0 Å². The van der Waals surface area contributed by atoms with E-state index in [1.54, 1.807) is 6.33 Å². The van der Waals surface area contributed by atoms with Crippen LogP contribution in [0.25, 0.3) is 11.2 Å². The van der Waals surface area contributed by atoms with Gasteiger partial charge in [-0.2, -0.15) is 9.97 Å². The highest BCUT2D eigenvalue weighted by Crippen LogP contribution is 2.32. The van der Waals surface area contributed by atoms with E-state index in [2.05, 4.69) is 20.3 Å². The lowest BCUT2D eigenvalue weighted by atomic mass is 10.2. The largest absolute Gasteiger partial charge is 0.492 e. The van der Waals surface area contributed by atoms with Gasteiger partial charge in [0.15, 0.2) is 17.0 Å². The van der Waals surface area contributed by atoms with Crippen molar-refractivity contribution in [2.45, 2.75) is 32.4 Å². The van der Waals surface area contributed by atoms with Crippen molar-refractivity contribution in [3.63, 3.8) is 0 Å². The van der Waals surface area contributed by atoms with E-state index in [0.29, 0.717) is 23.6 Å². The normalized spacial score (nSPS) is 17.3. The minimum atomic E-state index is -0.0633. The van der Waals surface area contributed by atoms with Crippen molar-refractivity contribution in [3.05, 3.63) is 30.6 Å². The number of hydrogen-bond donors (Lipinski definition) is 2. The van der Waals surface area contributed by atoms with Crippen molar-refractivity contribution in [1.29, 1.82) is 0 Å². The minimum Gasteiger partial charge on any atom is -0.492 e. The summed E-state index contributed by atoms with van der Waals surface area (Å²) >= 11 is 0. The highest BCUT2D eigenvalue weighted by Gasteiger charge is 2.21. The molecule has 0 saturated carbocycles. The summed E-state index contributed by atoms with van der Waals surface area (Å²) in [7, 11) is 0. The summed E-state index contributed by atoms with van der Waals surface area (Å²) in [5.74, 6) is 1.48. The number of anilines is 3.